The Bertz CT molecular complexity index is 718. The summed E-state index contributed by atoms with van der Waals surface area (Å²) in [5, 5.41) is 0. The first-order chi connectivity index (χ1) is 10.5. The van der Waals surface area contributed by atoms with Gasteiger partial charge in [-0.05, 0) is 36.6 Å². The first-order valence-corrected chi connectivity index (χ1v) is 7.55. The number of ether oxygens (including phenoxy) is 1. The maximum atomic E-state index is 12.8. The lowest BCUT2D eigenvalue weighted by molar-refractivity contribution is 0.415. The molecule has 2 rings (SSSR count). The van der Waals surface area contributed by atoms with Gasteiger partial charge in [-0.3, -0.25) is 4.79 Å². The molecule has 118 valence electrons. The highest BCUT2D eigenvalue weighted by molar-refractivity contribution is 5.63. The fourth-order valence-corrected chi connectivity index (χ4v) is 2.63. The average Bonchev–Trinajstić information content (AvgIpc) is 2.50. The average molecular weight is 300 g/mol. The third-order valence-electron chi connectivity index (χ3n) is 3.74. The Labute approximate surface area is 131 Å². The largest absolute Gasteiger partial charge is 0.497 e. The number of nitrogens with two attached hydrogens (primary N) is 1. The van der Waals surface area contributed by atoms with Crippen molar-refractivity contribution in [3.8, 4) is 17.0 Å². The highest BCUT2D eigenvalue weighted by Crippen LogP contribution is 2.25. The number of hydrogen-bond acceptors (Lipinski definition) is 3. The minimum Gasteiger partial charge on any atom is -0.497 e. The van der Waals surface area contributed by atoms with E-state index in [9.17, 15) is 4.79 Å². The van der Waals surface area contributed by atoms with E-state index < -0.39 is 0 Å². The first-order valence-electron chi connectivity index (χ1n) is 7.55. The molecule has 0 aliphatic rings. The van der Waals surface area contributed by atoms with Crippen molar-refractivity contribution in [2.24, 2.45) is 11.7 Å². The summed E-state index contributed by atoms with van der Waals surface area (Å²) < 4.78 is 7.12. The normalized spacial score (nSPS) is 11.0. The number of aromatic nitrogens is 1. The topological polar surface area (TPSA) is 57.2 Å². The van der Waals surface area contributed by atoms with E-state index in [1.807, 2.05) is 41.8 Å². The number of benzene rings is 1. The van der Waals surface area contributed by atoms with Crippen molar-refractivity contribution in [2.45, 2.75) is 33.9 Å². The van der Waals surface area contributed by atoms with Crippen LogP contribution in [0.25, 0.3) is 11.3 Å². The molecule has 4 nitrogen and oxygen atoms in total. The van der Waals surface area contributed by atoms with Crippen molar-refractivity contribution in [2.75, 3.05) is 7.11 Å². The lowest BCUT2D eigenvalue weighted by Gasteiger charge is -2.18. The second-order valence-corrected chi connectivity index (χ2v) is 5.94. The third-order valence-corrected chi connectivity index (χ3v) is 3.74. The van der Waals surface area contributed by atoms with Gasteiger partial charge in [0.05, 0.1) is 12.8 Å². The maximum Gasteiger partial charge on any atom is 0.255 e. The van der Waals surface area contributed by atoms with Gasteiger partial charge < -0.3 is 15.0 Å². The molecule has 0 aliphatic carbocycles. The summed E-state index contributed by atoms with van der Waals surface area (Å²) in [7, 11) is 1.64. The van der Waals surface area contributed by atoms with Crippen LogP contribution in [0.5, 0.6) is 5.75 Å². The Kier molecular flexibility index (Phi) is 5.03. The number of rotatable bonds is 5. The fraction of sp³-hybridized carbons (Fsp3) is 0.389. The lowest BCUT2D eigenvalue weighted by atomic mass is 10.0. The fourth-order valence-electron chi connectivity index (χ4n) is 2.63. The summed E-state index contributed by atoms with van der Waals surface area (Å²) in [6.07, 6.45) is 0. The van der Waals surface area contributed by atoms with Crippen molar-refractivity contribution in [3.05, 3.63) is 51.8 Å². The molecule has 2 aromatic rings. The van der Waals surface area contributed by atoms with E-state index in [0.29, 0.717) is 18.0 Å². The molecule has 1 aromatic carbocycles. The van der Waals surface area contributed by atoms with Crippen LogP contribution >= 0.6 is 0 Å². The van der Waals surface area contributed by atoms with E-state index in [4.69, 9.17) is 10.5 Å². The third kappa shape index (κ3) is 3.22. The molecule has 1 aromatic heterocycles. The van der Waals surface area contributed by atoms with Crippen LogP contribution in [0, 0.1) is 12.8 Å². The highest BCUT2D eigenvalue weighted by atomic mass is 16.5. The van der Waals surface area contributed by atoms with Crippen molar-refractivity contribution in [1.29, 1.82) is 0 Å². The monoisotopic (exact) mass is 300 g/mol. The van der Waals surface area contributed by atoms with E-state index in [0.717, 1.165) is 22.6 Å². The molecule has 0 spiro atoms. The SMILES string of the molecule is COc1cccc(-c2cc(C)c(CN)c(=O)n2CC(C)C)c1. The molecule has 0 fully saturated rings. The number of methoxy groups -OCH3 is 1. The van der Waals surface area contributed by atoms with Gasteiger partial charge in [0, 0.05) is 24.2 Å². The van der Waals surface area contributed by atoms with Crippen molar-refractivity contribution in [3.63, 3.8) is 0 Å². The number of hydrogen-bond donors (Lipinski definition) is 1. The molecule has 0 amide bonds. The van der Waals surface area contributed by atoms with Gasteiger partial charge >= 0.3 is 0 Å². The Morgan fingerprint density at radius 2 is 2.00 bits per heavy atom. The lowest BCUT2D eigenvalue weighted by Crippen LogP contribution is -2.29. The van der Waals surface area contributed by atoms with Gasteiger partial charge in [-0.25, -0.2) is 0 Å². The summed E-state index contributed by atoms with van der Waals surface area (Å²) in [5.41, 5.74) is 9.27. The molecule has 0 unspecified atom stereocenters. The minimum atomic E-state index is 0.00835. The van der Waals surface area contributed by atoms with Crippen LogP contribution in [0.4, 0.5) is 0 Å². The molecular formula is C18H24N2O2. The molecule has 1 heterocycles. The summed E-state index contributed by atoms with van der Waals surface area (Å²) in [6.45, 7) is 7.07. The maximum absolute atomic E-state index is 12.8. The Balaban J connectivity index is 2.70. The molecule has 2 N–H and O–H groups in total. The summed E-state index contributed by atoms with van der Waals surface area (Å²) in [4.78, 5) is 12.8. The predicted octanol–water partition coefficient (Wildman–Crippen LogP) is 2.95. The highest BCUT2D eigenvalue weighted by Gasteiger charge is 2.14. The molecule has 4 heteroatoms. The zero-order valence-electron chi connectivity index (χ0n) is 13.7. The van der Waals surface area contributed by atoms with Crippen molar-refractivity contribution < 1.29 is 4.74 Å². The first kappa shape index (κ1) is 16.3. The minimum absolute atomic E-state index is 0.00835. The van der Waals surface area contributed by atoms with Crippen molar-refractivity contribution >= 4 is 0 Å². The van der Waals surface area contributed by atoms with Gasteiger partial charge in [-0.2, -0.15) is 0 Å². The van der Waals surface area contributed by atoms with Gasteiger partial charge in [0.25, 0.3) is 5.56 Å². The second kappa shape index (κ2) is 6.79. The molecule has 0 radical (unpaired) electrons. The van der Waals surface area contributed by atoms with Crippen LogP contribution in [-0.4, -0.2) is 11.7 Å². The predicted molar refractivity (Wildman–Crippen MR) is 90.2 cm³/mol. The van der Waals surface area contributed by atoms with Crippen LogP contribution in [-0.2, 0) is 13.1 Å². The standard InChI is InChI=1S/C18H24N2O2/c1-12(2)11-20-17(8-13(3)16(10-19)18(20)21)14-6-5-7-15(9-14)22-4/h5-9,12H,10-11,19H2,1-4H3. The van der Waals surface area contributed by atoms with E-state index in [1.54, 1.807) is 7.11 Å². The summed E-state index contributed by atoms with van der Waals surface area (Å²) in [6, 6.07) is 9.82. The molecular weight excluding hydrogens is 276 g/mol. The molecule has 0 bridgehead atoms. The Morgan fingerprint density at radius 1 is 1.27 bits per heavy atom. The zero-order chi connectivity index (χ0) is 16.3. The number of nitrogens with zero attached hydrogens (tertiary/aromatic N) is 1. The van der Waals surface area contributed by atoms with Crippen LogP contribution in [0.15, 0.2) is 35.1 Å². The van der Waals surface area contributed by atoms with Gasteiger partial charge in [-0.15, -0.1) is 0 Å². The van der Waals surface area contributed by atoms with Gasteiger partial charge in [0.15, 0.2) is 0 Å². The molecule has 0 atom stereocenters. The molecule has 0 saturated heterocycles. The van der Waals surface area contributed by atoms with Gasteiger partial charge in [0.2, 0.25) is 0 Å². The quantitative estimate of drug-likeness (QED) is 0.923. The second-order valence-electron chi connectivity index (χ2n) is 5.94. The Morgan fingerprint density at radius 3 is 2.59 bits per heavy atom. The molecule has 0 saturated carbocycles. The Hall–Kier alpha value is -2.07. The van der Waals surface area contributed by atoms with Gasteiger partial charge in [0.1, 0.15) is 5.75 Å². The van der Waals surface area contributed by atoms with E-state index >= 15 is 0 Å². The van der Waals surface area contributed by atoms with Crippen LogP contribution < -0.4 is 16.0 Å². The van der Waals surface area contributed by atoms with E-state index in [1.165, 1.54) is 0 Å². The number of pyridine rings is 1. The zero-order valence-corrected chi connectivity index (χ0v) is 13.7. The summed E-state index contributed by atoms with van der Waals surface area (Å²) >= 11 is 0. The molecule has 0 aliphatic heterocycles. The van der Waals surface area contributed by atoms with Crippen LogP contribution in [0.3, 0.4) is 0 Å². The van der Waals surface area contributed by atoms with E-state index in [2.05, 4.69) is 13.8 Å². The van der Waals surface area contributed by atoms with E-state index in [-0.39, 0.29) is 12.1 Å². The summed E-state index contributed by atoms with van der Waals surface area (Å²) in [5.74, 6) is 1.15. The van der Waals surface area contributed by atoms with Gasteiger partial charge in [-0.1, -0.05) is 26.0 Å². The van der Waals surface area contributed by atoms with Crippen molar-refractivity contribution in [1.82, 2.24) is 4.57 Å². The smallest absolute Gasteiger partial charge is 0.255 e. The van der Waals surface area contributed by atoms with Crippen LogP contribution in [0.1, 0.15) is 25.0 Å². The number of aryl methyl sites for hydroxylation is 1. The molecule has 22 heavy (non-hydrogen) atoms. The van der Waals surface area contributed by atoms with Crippen LogP contribution in [0.2, 0.25) is 0 Å².